The van der Waals surface area contributed by atoms with E-state index in [0.717, 1.165) is 16.7 Å². The van der Waals surface area contributed by atoms with Crippen LogP contribution in [-0.4, -0.2) is 6.29 Å². The van der Waals surface area contributed by atoms with Crippen molar-refractivity contribution in [1.29, 1.82) is 0 Å². The van der Waals surface area contributed by atoms with Crippen LogP contribution < -0.4 is 0 Å². The fourth-order valence-electron chi connectivity index (χ4n) is 0.537. The first-order chi connectivity index (χ1) is 4.36. The minimum Gasteiger partial charge on any atom is -0.297 e. The van der Waals surface area contributed by atoms with E-state index in [1.165, 1.54) is 11.3 Å². The molecule has 0 saturated heterocycles. The van der Waals surface area contributed by atoms with E-state index in [1.54, 1.807) is 6.08 Å². The van der Waals surface area contributed by atoms with Crippen LogP contribution in [0.4, 0.5) is 0 Å². The smallest absolute Gasteiger partial charge is 0.160 e. The van der Waals surface area contributed by atoms with Gasteiger partial charge in [-0.15, -0.1) is 11.3 Å². The molecule has 2 heteroatoms. The van der Waals surface area contributed by atoms with E-state index >= 15 is 0 Å². The van der Waals surface area contributed by atoms with Gasteiger partial charge in [0.2, 0.25) is 0 Å². The normalized spacial score (nSPS) is 8.89. The first-order valence-electron chi connectivity index (χ1n) is 2.53. The van der Waals surface area contributed by atoms with E-state index in [-0.39, 0.29) is 0 Å². The van der Waals surface area contributed by atoms with Gasteiger partial charge in [0.15, 0.2) is 6.29 Å². The van der Waals surface area contributed by atoms with Gasteiger partial charge in [-0.05, 0) is 17.0 Å². The summed E-state index contributed by atoms with van der Waals surface area (Å²) in [5.41, 5.74) is 1.02. The van der Waals surface area contributed by atoms with E-state index < -0.39 is 0 Å². The van der Waals surface area contributed by atoms with Crippen LogP contribution in [0.2, 0.25) is 0 Å². The number of hydrogen-bond donors (Lipinski definition) is 0. The quantitative estimate of drug-likeness (QED) is 0.572. The summed E-state index contributed by atoms with van der Waals surface area (Å²) in [7, 11) is 0. The Hall–Kier alpha value is -0.890. The summed E-state index contributed by atoms with van der Waals surface area (Å²) in [6.45, 7) is 3.57. The Balaban J connectivity index is 2.98. The second kappa shape index (κ2) is 2.60. The first-order valence-corrected chi connectivity index (χ1v) is 3.41. The predicted octanol–water partition coefficient (Wildman–Crippen LogP) is 2.20. The molecule has 1 aromatic heterocycles. The molecule has 0 aliphatic carbocycles. The summed E-state index contributed by atoms with van der Waals surface area (Å²) >= 11 is 1.43. The number of thiophene rings is 1. The summed E-state index contributed by atoms with van der Waals surface area (Å²) in [6.07, 6.45) is 2.57. The van der Waals surface area contributed by atoms with Gasteiger partial charge in [0.25, 0.3) is 0 Å². The second-order valence-corrected chi connectivity index (χ2v) is 2.55. The zero-order valence-corrected chi connectivity index (χ0v) is 5.65. The molecule has 1 heterocycles. The van der Waals surface area contributed by atoms with Crippen LogP contribution in [0.25, 0.3) is 6.08 Å². The lowest BCUT2D eigenvalue weighted by molar-refractivity contribution is 0.112. The van der Waals surface area contributed by atoms with Crippen molar-refractivity contribution in [3.05, 3.63) is 28.5 Å². The van der Waals surface area contributed by atoms with Crippen LogP contribution >= 0.6 is 11.3 Å². The SMILES string of the molecule is C=Cc1csc(C=O)c1. The standard InChI is InChI=1S/C7H6OS/c1-2-6-3-7(4-8)9-5-6/h2-5H,1H2. The van der Waals surface area contributed by atoms with Gasteiger partial charge < -0.3 is 0 Å². The Labute approximate surface area is 57.6 Å². The Bertz CT molecular complexity index is 202. The van der Waals surface area contributed by atoms with Crippen LogP contribution in [0.5, 0.6) is 0 Å². The largest absolute Gasteiger partial charge is 0.297 e. The van der Waals surface area contributed by atoms with Gasteiger partial charge in [0.05, 0.1) is 4.88 Å². The number of hydrogen-bond acceptors (Lipinski definition) is 2. The molecule has 0 amide bonds. The van der Waals surface area contributed by atoms with Gasteiger partial charge in [-0.1, -0.05) is 12.7 Å². The van der Waals surface area contributed by atoms with Gasteiger partial charge in [0, 0.05) is 0 Å². The molecule has 1 nitrogen and oxygen atoms in total. The molecule has 0 bridgehead atoms. The minimum absolute atomic E-state index is 0.755. The summed E-state index contributed by atoms with van der Waals surface area (Å²) in [5, 5.41) is 1.90. The maximum absolute atomic E-state index is 10.1. The fourth-order valence-corrected chi connectivity index (χ4v) is 1.23. The van der Waals surface area contributed by atoms with Crippen molar-refractivity contribution in [2.24, 2.45) is 0 Å². The van der Waals surface area contributed by atoms with Crippen LogP contribution in [0.3, 0.4) is 0 Å². The highest BCUT2D eigenvalue weighted by Gasteiger charge is 1.91. The van der Waals surface area contributed by atoms with E-state index in [2.05, 4.69) is 6.58 Å². The van der Waals surface area contributed by atoms with Gasteiger partial charge in [-0.3, -0.25) is 4.79 Å². The number of carbonyl (C=O) groups excluding carboxylic acids is 1. The molecule has 0 aromatic carbocycles. The summed E-state index contributed by atoms with van der Waals surface area (Å²) in [4.78, 5) is 10.9. The van der Waals surface area contributed by atoms with Crippen LogP contribution in [0, 0.1) is 0 Å². The minimum atomic E-state index is 0.755. The Morgan fingerprint density at radius 3 is 2.78 bits per heavy atom. The third-order valence-corrected chi connectivity index (χ3v) is 1.87. The van der Waals surface area contributed by atoms with Crippen molar-refractivity contribution >= 4 is 23.7 Å². The topological polar surface area (TPSA) is 17.1 Å². The zero-order valence-electron chi connectivity index (χ0n) is 4.83. The molecular formula is C7H6OS. The van der Waals surface area contributed by atoms with E-state index in [9.17, 15) is 4.79 Å². The summed E-state index contributed by atoms with van der Waals surface area (Å²) < 4.78 is 0. The average molecular weight is 138 g/mol. The highest BCUT2D eigenvalue weighted by atomic mass is 32.1. The van der Waals surface area contributed by atoms with Crippen molar-refractivity contribution in [2.45, 2.75) is 0 Å². The van der Waals surface area contributed by atoms with Crippen molar-refractivity contribution in [1.82, 2.24) is 0 Å². The van der Waals surface area contributed by atoms with E-state index in [4.69, 9.17) is 0 Å². The van der Waals surface area contributed by atoms with Crippen molar-refractivity contribution in [3.8, 4) is 0 Å². The van der Waals surface area contributed by atoms with Crippen molar-refractivity contribution in [3.63, 3.8) is 0 Å². The van der Waals surface area contributed by atoms with Gasteiger partial charge >= 0.3 is 0 Å². The molecule has 0 saturated carbocycles. The third-order valence-electron chi connectivity index (χ3n) is 0.992. The lowest BCUT2D eigenvalue weighted by Crippen LogP contribution is -1.64. The molecule has 0 N–H and O–H groups in total. The molecule has 0 radical (unpaired) electrons. The number of carbonyl (C=O) groups is 1. The van der Waals surface area contributed by atoms with Crippen molar-refractivity contribution < 1.29 is 4.79 Å². The fraction of sp³-hybridized carbons (Fsp3) is 0. The maximum Gasteiger partial charge on any atom is 0.160 e. The molecule has 1 rings (SSSR count). The summed E-state index contributed by atoms with van der Waals surface area (Å²) in [6, 6.07) is 1.81. The Kier molecular flexibility index (Phi) is 1.80. The molecule has 46 valence electrons. The molecule has 0 unspecified atom stereocenters. The molecule has 0 fully saturated rings. The van der Waals surface area contributed by atoms with Crippen LogP contribution in [-0.2, 0) is 0 Å². The highest BCUT2D eigenvalue weighted by Crippen LogP contribution is 2.12. The number of aldehydes is 1. The average Bonchev–Trinajstić information content (AvgIpc) is 2.34. The number of rotatable bonds is 2. The predicted molar refractivity (Wildman–Crippen MR) is 39.8 cm³/mol. The molecule has 0 spiro atoms. The second-order valence-electron chi connectivity index (χ2n) is 1.60. The third kappa shape index (κ3) is 1.27. The molecule has 0 aliphatic heterocycles. The highest BCUT2D eigenvalue weighted by molar-refractivity contribution is 7.11. The first kappa shape index (κ1) is 6.23. The van der Waals surface area contributed by atoms with E-state index in [0.29, 0.717) is 0 Å². The molecule has 1 aromatic rings. The lowest BCUT2D eigenvalue weighted by Gasteiger charge is -1.73. The van der Waals surface area contributed by atoms with Crippen LogP contribution in [0.15, 0.2) is 18.0 Å². The van der Waals surface area contributed by atoms with E-state index in [1.807, 2.05) is 11.4 Å². The molecule has 0 atom stereocenters. The lowest BCUT2D eigenvalue weighted by atomic mass is 10.3. The van der Waals surface area contributed by atoms with Gasteiger partial charge in [0.1, 0.15) is 0 Å². The zero-order chi connectivity index (χ0) is 6.69. The molecule has 9 heavy (non-hydrogen) atoms. The summed E-state index contributed by atoms with van der Waals surface area (Å²) in [5.74, 6) is 0. The van der Waals surface area contributed by atoms with Gasteiger partial charge in [-0.2, -0.15) is 0 Å². The van der Waals surface area contributed by atoms with Crippen LogP contribution in [0.1, 0.15) is 15.2 Å². The molecular weight excluding hydrogens is 132 g/mol. The monoisotopic (exact) mass is 138 g/mol. The maximum atomic E-state index is 10.1. The Morgan fingerprint density at radius 2 is 2.44 bits per heavy atom. The molecule has 0 aliphatic rings. The van der Waals surface area contributed by atoms with Gasteiger partial charge in [-0.25, -0.2) is 0 Å². The van der Waals surface area contributed by atoms with Crippen molar-refractivity contribution in [2.75, 3.05) is 0 Å². The Morgan fingerprint density at radius 1 is 1.67 bits per heavy atom.